The molecule has 20 heavy (non-hydrogen) atoms. The van der Waals surface area contributed by atoms with Crippen molar-refractivity contribution in [3.63, 3.8) is 0 Å². The first-order valence-corrected chi connectivity index (χ1v) is 6.60. The fourth-order valence-electron chi connectivity index (χ4n) is 2.09. The van der Waals surface area contributed by atoms with Crippen LogP contribution in [0, 0.1) is 0 Å². The Morgan fingerprint density at radius 2 is 1.95 bits per heavy atom. The highest BCUT2D eigenvalue weighted by atomic mass is 16.3. The standard InChI is InChI=1S/C15H15N3O2/c19-10-13-6-7-16-14(17-13)11-2-4-12(5-3-11)15(20)18-8-1-9-18/h2-7,19H,1,8-10H2. The van der Waals surface area contributed by atoms with Crippen LogP contribution in [-0.2, 0) is 6.61 Å². The Kier molecular flexibility index (Phi) is 3.43. The second kappa shape index (κ2) is 5.38. The number of hydrogen-bond acceptors (Lipinski definition) is 4. The van der Waals surface area contributed by atoms with Gasteiger partial charge in [-0.3, -0.25) is 4.79 Å². The van der Waals surface area contributed by atoms with E-state index in [0.29, 0.717) is 17.1 Å². The molecule has 0 atom stereocenters. The lowest BCUT2D eigenvalue weighted by molar-refractivity contribution is 0.0652. The van der Waals surface area contributed by atoms with Crippen LogP contribution < -0.4 is 0 Å². The molecule has 1 aliphatic rings. The smallest absolute Gasteiger partial charge is 0.253 e. The normalized spacial score (nSPS) is 13.9. The van der Waals surface area contributed by atoms with E-state index in [1.807, 2.05) is 17.0 Å². The molecule has 0 unspecified atom stereocenters. The molecule has 1 N–H and O–H groups in total. The van der Waals surface area contributed by atoms with Crippen molar-refractivity contribution in [3.8, 4) is 11.4 Å². The summed E-state index contributed by atoms with van der Waals surface area (Å²) in [5.41, 5.74) is 2.10. The van der Waals surface area contributed by atoms with Gasteiger partial charge < -0.3 is 10.0 Å². The maximum absolute atomic E-state index is 12.0. The lowest BCUT2D eigenvalue weighted by Gasteiger charge is -2.30. The molecule has 1 aliphatic heterocycles. The zero-order valence-corrected chi connectivity index (χ0v) is 11.0. The van der Waals surface area contributed by atoms with Gasteiger partial charge in [-0.25, -0.2) is 9.97 Å². The first-order chi connectivity index (χ1) is 9.78. The molecule has 1 amide bonds. The van der Waals surface area contributed by atoms with Crippen LogP contribution in [0.3, 0.4) is 0 Å². The van der Waals surface area contributed by atoms with Gasteiger partial charge >= 0.3 is 0 Å². The van der Waals surface area contributed by atoms with Crippen molar-refractivity contribution in [3.05, 3.63) is 47.8 Å². The zero-order chi connectivity index (χ0) is 13.9. The molecule has 2 heterocycles. The number of hydrogen-bond donors (Lipinski definition) is 1. The third kappa shape index (κ3) is 2.40. The van der Waals surface area contributed by atoms with Crippen LogP contribution in [0.25, 0.3) is 11.4 Å². The first-order valence-electron chi connectivity index (χ1n) is 6.60. The summed E-state index contributed by atoms with van der Waals surface area (Å²) in [6, 6.07) is 8.94. The number of amides is 1. The van der Waals surface area contributed by atoms with Crippen LogP contribution in [-0.4, -0.2) is 39.0 Å². The molecule has 1 aromatic carbocycles. The van der Waals surface area contributed by atoms with Gasteiger partial charge in [-0.15, -0.1) is 0 Å². The largest absolute Gasteiger partial charge is 0.390 e. The molecule has 1 fully saturated rings. The fourth-order valence-corrected chi connectivity index (χ4v) is 2.09. The van der Waals surface area contributed by atoms with E-state index in [1.54, 1.807) is 24.4 Å². The summed E-state index contributed by atoms with van der Waals surface area (Å²) in [5, 5.41) is 9.08. The van der Waals surface area contributed by atoms with Gasteiger partial charge in [0.05, 0.1) is 12.3 Å². The van der Waals surface area contributed by atoms with Crippen molar-refractivity contribution < 1.29 is 9.90 Å². The van der Waals surface area contributed by atoms with E-state index in [0.717, 1.165) is 25.1 Å². The molecule has 0 radical (unpaired) electrons. The summed E-state index contributed by atoms with van der Waals surface area (Å²) in [6.07, 6.45) is 2.71. The van der Waals surface area contributed by atoms with Crippen molar-refractivity contribution >= 4 is 5.91 Å². The fraction of sp³-hybridized carbons (Fsp3) is 0.267. The van der Waals surface area contributed by atoms with E-state index in [2.05, 4.69) is 9.97 Å². The number of benzene rings is 1. The molecule has 0 spiro atoms. The Labute approximate surface area is 116 Å². The predicted molar refractivity (Wildman–Crippen MR) is 73.9 cm³/mol. The summed E-state index contributed by atoms with van der Waals surface area (Å²) in [4.78, 5) is 22.3. The number of rotatable bonds is 3. The molecular weight excluding hydrogens is 254 g/mol. The summed E-state index contributed by atoms with van der Waals surface area (Å²) in [5.74, 6) is 0.632. The van der Waals surface area contributed by atoms with Gasteiger partial charge in [-0.1, -0.05) is 12.1 Å². The van der Waals surface area contributed by atoms with Gasteiger partial charge in [-0.2, -0.15) is 0 Å². The summed E-state index contributed by atoms with van der Waals surface area (Å²) in [7, 11) is 0. The van der Waals surface area contributed by atoms with Crippen LogP contribution in [0.15, 0.2) is 36.5 Å². The van der Waals surface area contributed by atoms with Crippen LogP contribution >= 0.6 is 0 Å². The first kappa shape index (κ1) is 12.7. The minimum Gasteiger partial charge on any atom is -0.390 e. The number of aliphatic hydroxyl groups excluding tert-OH is 1. The van der Waals surface area contributed by atoms with Crippen molar-refractivity contribution in [2.75, 3.05) is 13.1 Å². The molecule has 1 saturated heterocycles. The number of aliphatic hydroxyl groups is 1. The van der Waals surface area contributed by atoms with Gasteiger partial charge in [0.1, 0.15) is 0 Å². The average Bonchev–Trinajstić information content (AvgIpc) is 2.45. The Morgan fingerprint density at radius 3 is 2.55 bits per heavy atom. The third-order valence-corrected chi connectivity index (χ3v) is 3.41. The maximum atomic E-state index is 12.0. The molecule has 1 aromatic heterocycles. The maximum Gasteiger partial charge on any atom is 0.253 e. The number of carbonyl (C=O) groups excluding carboxylic acids is 1. The van der Waals surface area contributed by atoms with Crippen molar-refractivity contribution in [2.24, 2.45) is 0 Å². The monoisotopic (exact) mass is 269 g/mol. The molecule has 0 aliphatic carbocycles. The van der Waals surface area contributed by atoms with Crippen molar-refractivity contribution in [2.45, 2.75) is 13.0 Å². The molecule has 5 nitrogen and oxygen atoms in total. The van der Waals surface area contributed by atoms with Crippen LogP contribution in [0.5, 0.6) is 0 Å². The average molecular weight is 269 g/mol. The third-order valence-electron chi connectivity index (χ3n) is 3.41. The molecule has 102 valence electrons. The quantitative estimate of drug-likeness (QED) is 0.916. The Morgan fingerprint density at radius 1 is 1.20 bits per heavy atom. The van der Waals surface area contributed by atoms with Gasteiger partial charge in [0.25, 0.3) is 5.91 Å². The highest BCUT2D eigenvalue weighted by Gasteiger charge is 2.21. The SMILES string of the molecule is O=C(c1ccc(-c2nccc(CO)n2)cc1)N1CCC1. The molecule has 2 aromatic rings. The van der Waals surface area contributed by atoms with Crippen LogP contribution in [0.2, 0.25) is 0 Å². The van der Waals surface area contributed by atoms with E-state index < -0.39 is 0 Å². The highest BCUT2D eigenvalue weighted by molar-refractivity contribution is 5.95. The number of aromatic nitrogens is 2. The Hall–Kier alpha value is -2.27. The van der Waals surface area contributed by atoms with Gasteiger partial charge in [0.2, 0.25) is 0 Å². The predicted octanol–water partition coefficient (Wildman–Crippen LogP) is 1.48. The minimum absolute atomic E-state index is 0.0767. The molecule has 0 bridgehead atoms. The number of carbonyl (C=O) groups is 1. The van der Waals surface area contributed by atoms with E-state index in [9.17, 15) is 4.79 Å². The zero-order valence-electron chi connectivity index (χ0n) is 11.0. The second-order valence-electron chi connectivity index (χ2n) is 4.75. The number of nitrogens with zero attached hydrogens (tertiary/aromatic N) is 3. The Bertz CT molecular complexity index is 621. The van der Waals surface area contributed by atoms with Crippen molar-refractivity contribution in [1.82, 2.24) is 14.9 Å². The summed E-state index contributed by atoms with van der Waals surface area (Å²) in [6.45, 7) is 1.59. The second-order valence-corrected chi connectivity index (χ2v) is 4.75. The lowest BCUT2D eigenvalue weighted by atomic mass is 10.1. The van der Waals surface area contributed by atoms with Crippen LogP contribution in [0.1, 0.15) is 22.5 Å². The molecule has 5 heteroatoms. The minimum atomic E-state index is -0.110. The number of likely N-dealkylation sites (tertiary alicyclic amines) is 1. The lowest BCUT2D eigenvalue weighted by Crippen LogP contribution is -2.41. The van der Waals surface area contributed by atoms with Gasteiger partial charge in [0, 0.05) is 30.4 Å². The molecular formula is C15H15N3O2. The van der Waals surface area contributed by atoms with E-state index >= 15 is 0 Å². The van der Waals surface area contributed by atoms with E-state index in [4.69, 9.17) is 5.11 Å². The molecule has 3 rings (SSSR count). The van der Waals surface area contributed by atoms with E-state index in [-0.39, 0.29) is 12.5 Å². The Balaban J connectivity index is 1.83. The molecule has 0 saturated carbocycles. The van der Waals surface area contributed by atoms with E-state index in [1.165, 1.54) is 0 Å². The summed E-state index contributed by atoms with van der Waals surface area (Å²) < 4.78 is 0. The highest BCUT2D eigenvalue weighted by Crippen LogP contribution is 2.18. The van der Waals surface area contributed by atoms with Gasteiger partial charge in [-0.05, 0) is 24.6 Å². The van der Waals surface area contributed by atoms with Crippen molar-refractivity contribution in [1.29, 1.82) is 0 Å². The topological polar surface area (TPSA) is 66.3 Å². The van der Waals surface area contributed by atoms with Gasteiger partial charge in [0.15, 0.2) is 5.82 Å². The summed E-state index contributed by atoms with van der Waals surface area (Å²) >= 11 is 0. The van der Waals surface area contributed by atoms with Crippen LogP contribution in [0.4, 0.5) is 0 Å².